The van der Waals surface area contributed by atoms with E-state index in [0.717, 1.165) is 22.2 Å². The van der Waals surface area contributed by atoms with Crippen molar-refractivity contribution < 1.29 is 28.6 Å². The number of hydrogen-bond donors (Lipinski definition) is 1. The van der Waals surface area contributed by atoms with Crippen molar-refractivity contribution in [2.45, 2.75) is 6.61 Å². The van der Waals surface area contributed by atoms with Gasteiger partial charge in [-0.3, -0.25) is 19.3 Å². The molecule has 0 radical (unpaired) electrons. The second-order valence-electron chi connectivity index (χ2n) is 8.28. The summed E-state index contributed by atoms with van der Waals surface area (Å²) in [6.07, 6.45) is 1.53. The van der Waals surface area contributed by atoms with E-state index in [1.807, 2.05) is 12.1 Å². The molecule has 2 heterocycles. The number of thioether (sulfide) groups is 1. The highest BCUT2D eigenvalue weighted by Gasteiger charge is 2.36. The van der Waals surface area contributed by atoms with Crippen LogP contribution in [0.1, 0.15) is 11.1 Å². The predicted octanol–water partition coefficient (Wildman–Crippen LogP) is 6.02. The van der Waals surface area contributed by atoms with Gasteiger partial charge in [0.2, 0.25) is 5.91 Å². The first-order valence-electron chi connectivity index (χ1n) is 11.5. The maximum atomic E-state index is 13.0. The Balaban J connectivity index is 1.27. The van der Waals surface area contributed by atoms with Crippen molar-refractivity contribution in [3.63, 3.8) is 0 Å². The SMILES string of the molecule is O=C(CN1C(=O)S/C(=C/c2cc(Cl)ccc2OCc2cccc(Cl)c2)C1=O)Nc1ccc2c(c1)OCCO2. The number of imide groups is 1. The van der Waals surface area contributed by atoms with E-state index in [1.165, 1.54) is 6.08 Å². The highest BCUT2D eigenvalue weighted by molar-refractivity contribution is 8.18. The number of rotatable bonds is 7. The lowest BCUT2D eigenvalue weighted by Gasteiger charge is -2.19. The number of carbonyl (C=O) groups is 3. The van der Waals surface area contributed by atoms with Gasteiger partial charge in [-0.15, -0.1) is 0 Å². The fraction of sp³-hybridized carbons (Fsp3) is 0.148. The fourth-order valence-corrected chi connectivity index (χ4v) is 5.02. The highest BCUT2D eigenvalue weighted by atomic mass is 35.5. The van der Waals surface area contributed by atoms with Gasteiger partial charge >= 0.3 is 0 Å². The minimum absolute atomic E-state index is 0.150. The van der Waals surface area contributed by atoms with E-state index in [2.05, 4.69) is 5.32 Å². The first kappa shape index (κ1) is 26.0. The Morgan fingerprint density at radius 3 is 2.61 bits per heavy atom. The molecule has 3 aromatic carbocycles. The summed E-state index contributed by atoms with van der Waals surface area (Å²) >= 11 is 13.0. The second-order valence-corrected chi connectivity index (χ2v) is 10.1. The van der Waals surface area contributed by atoms with Crippen LogP contribution in [0.25, 0.3) is 6.08 Å². The van der Waals surface area contributed by atoms with Crippen LogP contribution in [0.5, 0.6) is 17.2 Å². The molecule has 0 spiro atoms. The minimum Gasteiger partial charge on any atom is -0.488 e. The molecule has 194 valence electrons. The Kier molecular flexibility index (Phi) is 7.78. The molecule has 0 atom stereocenters. The van der Waals surface area contributed by atoms with Crippen molar-refractivity contribution in [1.82, 2.24) is 4.90 Å². The lowest BCUT2D eigenvalue weighted by molar-refractivity contribution is -0.127. The summed E-state index contributed by atoms with van der Waals surface area (Å²) in [6.45, 7) is 0.665. The number of nitrogens with zero attached hydrogens (tertiary/aromatic N) is 1. The molecule has 1 saturated heterocycles. The molecule has 0 bridgehead atoms. The van der Waals surface area contributed by atoms with Gasteiger partial charge in [0.15, 0.2) is 11.5 Å². The van der Waals surface area contributed by atoms with Crippen LogP contribution in [0.15, 0.2) is 65.6 Å². The number of benzene rings is 3. The van der Waals surface area contributed by atoms with Gasteiger partial charge in [0.05, 0.1) is 4.91 Å². The van der Waals surface area contributed by atoms with Crippen LogP contribution in [0.4, 0.5) is 10.5 Å². The van der Waals surface area contributed by atoms with Crippen LogP contribution in [0.2, 0.25) is 10.0 Å². The van der Waals surface area contributed by atoms with Crippen molar-refractivity contribution >= 4 is 63.8 Å². The van der Waals surface area contributed by atoms with Crippen LogP contribution in [-0.4, -0.2) is 41.7 Å². The monoisotopic (exact) mass is 570 g/mol. The number of ether oxygens (including phenoxy) is 3. The molecular formula is C27H20Cl2N2O6S. The Labute approximate surface area is 232 Å². The number of carbonyl (C=O) groups excluding carboxylic acids is 3. The standard InChI is InChI=1S/C27H20Cl2N2O6S/c28-18-3-1-2-16(10-18)15-37-21-6-4-19(29)11-17(21)12-24-26(33)31(27(34)38-24)14-25(32)30-20-5-7-22-23(13-20)36-9-8-35-22/h1-7,10-13H,8-9,14-15H2,(H,30,32)/b24-12+. The summed E-state index contributed by atoms with van der Waals surface area (Å²) in [5.41, 5.74) is 1.84. The smallest absolute Gasteiger partial charge is 0.294 e. The molecule has 3 aromatic rings. The number of amides is 3. The zero-order chi connectivity index (χ0) is 26.6. The molecule has 0 aromatic heterocycles. The van der Waals surface area contributed by atoms with Gasteiger partial charge in [0.1, 0.15) is 32.1 Å². The number of nitrogens with one attached hydrogen (secondary N) is 1. The molecular weight excluding hydrogens is 551 g/mol. The minimum atomic E-state index is -0.585. The van der Waals surface area contributed by atoms with Crippen LogP contribution in [-0.2, 0) is 16.2 Å². The zero-order valence-corrected chi connectivity index (χ0v) is 22.1. The molecule has 1 N–H and O–H groups in total. The van der Waals surface area contributed by atoms with E-state index in [9.17, 15) is 14.4 Å². The Morgan fingerprint density at radius 1 is 1.00 bits per heavy atom. The molecule has 5 rings (SSSR count). The molecule has 0 unspecified atom stereocenters. The summed E-state index contributed by atoms with van der Waals surface area (Å²) in [5, 5.41) is 3.15. The number of hydrogen-bond acceptors (Lipinski definition) is 7. The molecule has 8 nitrogen and oxygen atoms in total. The van der Waals surface area contributed by atoms with Gasteiger partial charge < -0.3 is 19.5 Å². The van der Waals surface area contributed by atoms with Gasteiger partial charge in [0.25, 0.3) is 11.1 Å². The highest BCUT2D eigenvalue weighted by Crippen LogP contribution is 2.36. The summed E-state index contributed by atoms with van der Waals surface area (Å²) in [4.78, 5) is 39.3. The molecule has 2 aliphatic rings. The molecule has 11 heteroatoms. The lowest BCUT2D eigenvalue weighted by Crippen LogP contribution is -2.36. The van der Waals surface area contributed by atoms with Crippen LogP contribution in [0.3, 0.4) is 0 Å². The topological polar surface area (TPSA) is 94.2 Å². The van der Waals surface area contributed by atoms with Crippen molar-refractivity contribution in [3.8, 4) is 17.2 Å². The molecule has 38 heavy (non-hydrogen) atoms. The summed E-state index contributed by atoms with van der Waals surface area (Å²) in [6, 6.07) is 17.2. The Hall–Kier alpha value is -3.66. The Morgan fingerprint density at radius 2 is 1.79 bits per heavy atom. The number of halogens is 2. The largest absolute Gasteiger partial charge is 0.488 e. The zero-order valence-electron chi connectivity index (χ0n) is 19.7. The quantitative estimate of drug-likeness (QED) is 0.347. The normalized spacial score (nSPS) is 15.6. The van der Waals surface area contributed by atoms with Crippen LogP contribution >= 0.6 is 35.0 Å². The van der Waals surface area contributed by atoms with Crippen molar-refractivity contribution in [2.24, 2.45) is 0 Å². The average molecular weight is 571 g/mol. The van der Waals surface area contributed by atoms with Gasteiger partial charge in [-0.25, -0.2) is 0 Å². The first-order valence-corrected chi connectivity index (χ1v) is 13.0. The fourth-order valence-electron chi connectivity index (χ4n) is 3.79. The number of fused-ring (bicyclic) bond motifs is 1. The van der Waals surface area contributed by atoms with Crippen molar-refractivity contribution in [2.75, 3.05) is 25.1 Å². The van der Waals surface area contributed by atoms with Gasteiger partial charge in [-0.1, -0.05) is 35.3 Å². The number of anilines is 1. The molecule has 2 aliphatic heterocycles. The third-order valence-corrected chi connectivity index (χ3v) is 6.92. The van der Waals surface area contributed by atoms with Gasteiger partial charge in [-0.2, -0.15) is 0 Å². The van der Waals surface area contributed by atoms with E-state index < -0.39 is 23.6 Å². The van der Waals surface area contributed by atoms with Crippen molar-refractivity contribution in [1.29, 1.82) is 0 Å². The Bertz CT molecular complexity index is 1460. The molecule has 0 aliphatic carbocycles. The van der Waals surface area contributed by atoms with Crippen LogP contribution < -0.4 is 19.5 Å². The summed E-state index contributed by atoms with van der Waals surface area (Å²) in [7, 11) is 0. The molecule has 3 amide bonds. The summed E-state index contributed by atoms with van der Waals surface area (Å²) in [5.74, 6) is 0.453. The van der Waals surface area contributed by atoms with Gasteiger partial charge in [0, 0.05) is 27.4 Å². The third-order valence-electron chi connectivity index (χ3n) is 5.54. The van der Waals surface area contributed by atoms with E-state index in [-0.39, 0.29) is 11.5 Å². The van der Waals surface area contributed by atoms with E-state index >= 15 is 0 Å². The van der Waals surface area contributed by atoms with Crippen molar-refractivity contribution in [3.05, 3.63) is 86.7 Å². The average Bonchev–Trinajstić information content (AvgIpc) is 3.15. The van der Waals surface area contributed by atoms with E-state index in [1.54, 1.807) is 48.5 Å². The first-order chi connectivity index (χ1) is 18.4. The third kappa shape index (κ3) is 6.07. The molecule has 0 saturated carbocycles. The van der Waals surface area contributed by atoms with E-state index in [0.29, 0.717) is 51.8 Å². The maximum absolute atomic E-state index is 13.0. The molecule has 1 fully saturated rings. The maximum Gasteiger partial charge on any atom is 0.294 e. The van der Waals surface area contributed by atoms with Gasteiger partial charge in [-0.05, 0) is 65.9 Å². The van der Waals surface area contributed by atoms with Crippen LogP contribution in [0, 0.1) is 0 Å². The second kappa shape index (κ2) is 11.4. The lowest BCUT2D eigenvalue weighted by atomic mass is 10.1. The predicted molar refractivity (Wildman–Crippen MR) is 146 cm³/mol. The summed E-state index contributed by atoms with van der Waals surface area (Å²) < 4.78 is 16.9. The van der Waals surface area contributed by atoms with E-state index in [4.69, 9.17) is 37.4 Å².